The number of ketones is 1. The third kappa shape index (κ3) is 4.34. The minimum atomic E-state index is -0.784. The van der Waals surface area contributed by atoms with Gasteiger partial charge in [-0.25, -0.2) is 0 Å². The van der Waals surface area contributed by atoms with E-state index in [1.165, 1.54) is 5.57 Å². The van der Waals surface area contributed by atoms with Gasteiger partial charge in [-0.2, -0.15) is 0 Å². The molecule has 0 aromatic heterocycles. The van der Waals surface area contributed by atoms with E-state index < -0.39 is 16.8 Å². The van der Waals surface area contributed by atoms with Gasteiger partial charge in [0.05, 0.1) is 17.3 Å². The average molecular weight is 475 g/mol. The molecule has 4 heteroatoms. The lowest BCUT2D eigenvalue weighted by molar-refractivity contribution is -0.193. The van der Waals surface area contributed by atoms with Crippen molar-refractivity contribution in [3.8, 4) is 0 Å². The number of carbonyl (C=O) groups excluding carboxylic acids is 1. The molecule has 0 amide bonds. The van der Waals surface area contributed by atoms with Gasteiger partial charge < -0.3 is 14.9 Å². The van der Waals surface area contributed by atoms with Gasteiger partial charge in [0, 0.05) is 11.8 Å². The van der Waals surface area contributed by atoms with Crippen LogP contribution in [0.1, 0.15) is 113 Å². The van der Waals surface area contributed by atoms with Crippen molar-refractivity contribution in [3.63, 3.8) is 0 Å². The van der Waals surface area contributed by atoms with Crippen LogP contribution in [0.3, 0.4) is 0 Å². The van der Waals surface area contributed by atoms with E-state index in [-0.39, 0.29) is 28.6 Å². The molecular weight excluding hydrogens is 424 g/mol. The molecule has 34 heavy (non-hydrogen) atoms. The monoisotopic (exact) mass is 474 g/mol. The smallest absolute Gasteiger partial charge is 0.164 e. The van der Waals surface area contributed by atoms with Crippen LogP contribution in [0.15, 0.2) is 11.6 Å². The van der Waals surface area contributed by atoms with Crippen LogP contribution in [0.2, 0.25) is 0 Å². The second kappa shape index (κ2) is 8.42. The van der Waals surface area contributed by atoms with E-state index >= 15 is 0 Å². The van der Waals surface area contributed by atoms with Crippen molar-refractivity contribution in [2.45, 2.75) is 136 Å². The normalized spacial score (nSPS) is 49.8. The first-order valence-electron chi connectivity index (χ1n) is 13.9. The largest absolute Gasteiger partial charge is 0.390 e. The number of allylic oxidation sites excluding steroid dienone is 2. The van der Waals surface area contributed by atoms with Gasteiger partial charge in [-0.3, -0.25) is 4.79 Å². The molecule has 1 heterocycles. The van der Waals surface area contributed by atoms with Crippen molar-refractivity contribution < 1.29 is 19.7 Å². The Morgan fingerprint density at radius 2 is 1.59 bits per heavy atom. The summed E-state index contributed by atoms with van der Waals surface area (Å²) in [5, 5.41) is 22.9. The third-order valence-corrected chi connectivity index (χ3v) is 10.9. The fourth-order valence-electron chi connectivity index (χ4n) is 8.48. The Morgan fingerprint density at radius 1 is 0.912 bits per heavy atom. The van der Waals surface area contributed by atoms with Crippen LogP contribution < -0.4 is 0 Å². The number of aliphatic hydroxyl groups is 2. The predicted molar refractivity (Wildman–Crippen MR) is 136 cm³/mol. The first-order valence-corrected chi connectivity index (χ1v) is 13.9. The summed E-state index contributed by atoms with van der Waals surface area (Å²) in [6.45, 7) is 17.2. The molecule has 1 saturated heterocycles. The fourth-order valence-corrected chi connectivity index (χ4v) is 8.48. The first kappa shape index (κ1) is 26.4. The Kier molecular flexibility index (Phi) is 6.52. The second-order valence-electron chi connectivity index (χ2n) is 14.3. The molecule has 0 aromatic carbocycles. The van der Waals surface area contributed by atoms with Crippen molar-refractivity contribution in [1.29, 1.82) is 0 Å². The minimum absolute atomic E-state index is 0.0130. The van der Waals surface area contributed by atoms with Crippen LogP contribution in [-0.4, -0.2) is 38.9 Å². The van der Waals surface area contributed by atoms with Crippen LogP contribution >= 0.6 is 0 Å². The number of rotatable bonds is 2. The highest BCUT2D eigenvalue weighted by atomic mass is 16.5. The van der Waals surface area contributed by atoms with Gasteiger partial charge >= 0.3 is 0 Å². The zero-order valence-corrected chi connectivity index (χ0v) is 23.0. The Morgan fingerprint density at radius 3 is 2.26 bits per heavy atom. The molecule has 4 rings (SSSR count). The first-order chi connectivity index (χ1) is 15.5. The average Bonchev–Trinajstić information content (AvgIpc) is 2.80. The van der Waals surface area contributed by atoms with E-state index in [9.17, 15) is 15.0 Å². The van der Waals surface area contributed by atoms with Gasteiger partial charge in [-0.1, -0.05) is 39.3 Å². The third-order valence-electron chi connectivity index (χ3n) is 10.9. The lowest BCUT2D eigenvalue weighted by Gasteiger charge is -2.56. The van der Waals surface area contributed by atoms with Crippen molar-refractivity contribution in [3.05, 3.63) is 11.6 Å². The number of Topliss-reactive ketones (excluding diaryl/α,β-unsaturated/α-hetero) is 1. The van der Waals surface area contributed by atoms with Gasteiger partial charge in [0.15, 0.2) is 5.78 Å². The van der Waals surface area contributed by atoms with E-state index in [0.717, 1.165) is 44.9 Å². The van der Waals surface area contributed by atoms with E-state index in [2.05, 4.69) is 33.8 Å². The van der Waals surface area contributed by atoms with Gasteiger partial charge in [0.1, 0.15) is 5.60 Å². The molecular formula is C30H50O4. The van der Waals surface area contributed by atoms with E-state index in [4.69, 9.17) is 4.74 Å². The molecule has 194 valence electrons. The molecule has 4 nitrogen and oxygen atoms in total. The zero-order valence-electron chi connectivity index (χ0n) is 23.0. The van der Waals surface area contributed by atoms with Gasteiger partial charge in [0.2, 0.25) is 0 Å². The van der Waals surface area contributed by atoms with E-state index in [1.807, 2.05) is 27.7 Å². The number of fused-ring (bicyclic) bond motifs is 2. The standard InChI is InChI=1S/C30H50O4/c1-19-9-11-21-25(26(2,3)17-18-29(21,7)32)20(19)10-12-22-28(6)15-13-23(31)27(4,5)34-24(28)14-16-30(22,8)33/h10,19,21-22,24-25,32-33H,9,11-18H2,1-8H3/b20-10+/t19-,21+,22+,24+,25-,28+,29+,30-/m1/s1. The second-order valence-corrected chi connectivity index (χ2v) is 14.3. The quantitative estimate of drug-likeness (QED) is 0.466. The Hall–Kier alpha value is -0.710. The highest BCUT2D eigenvalue weighted by Crippen LogP contribution is 2.59. The maximum absolute atomic E-state index is 12.8. The SMILES string of the molecule is C[C@@H]1CC[C@H]2[C@@H](/C1=C/C[C@H]1[C@]3(C)CCC(=O)C(C)(C)O[C@H]3CC[C@@]1(C)O)C(C)(C)CC[C@]2(C)O. The molecule has 0 bridgehead atoms. The maximum atomic E-state index is 12.8. The number of hydrogen-bond donors (Lipinski definition) is 2. The van der Waals surface area contributed by atoms with E-state index in [1.54, 1.807) is 0 Å². The van der Waals surface area contributed by atoms with Crippen molar-refractivity contribution in [2.24, 2.45) is 34.5 Å². The van der Waals surface area contributed by atoms with E-state index in [0.29, 0.717) is 30.6 Å². The highest BCUT2D eigenvalue weighted by molar-refractivity contribution is 5.86. The number of carbonyl (C=O) groups is 1. The van der Waals surface area contributed by atoms with Crippen molar-refractivity contribution in [2.75, 3.05) is 0 Å². The Labute approximate surface area is 207 Å². The lowest BCUT2D eigenvalue weighted by atomic mass is 9.51. The molecule has 0 aromatic rings. The molecule has 4 aliphatic rings. The molecule has 0 radical (unpaired) electrons. The summed E-state index contributed by atoms with van der Waals surface area (Å²) in [6, 6.07) is 0. The molecule has 4 fully saturated rings. The molecule has 0 unspecified atom stereocenters. The van der Waals surface area contributed by atoms with Crippen LogP contribution in [0, 0.1) is 34.5 Å². The summed E-state index contributed by atoms with van der Waals surface area (Å²) in [5.41, 5.74) is -0.725. The lowest BCUT2D eigenvalue weighted by Crippen LogP contribution is -2.56. The summed E-state index contributed by atoms with van der Waals surface area (Å²) in [4.78, 5) is 12.8. The van der Waals surface area contributed by atoms with Crippen LogP contribution in [0.4, 0.5) is 0 Å². The summed E-state index contributed by atoms with van der Waals surface area (Å²) < 4.78 is 6.49. The topological polar surface area (TPSA) is 66.8 Å². The van der Waals surface area contributed by atoms with Gasteiger partial charge in [0.25, 0.3) is 0 Å². The minimum Gasteiger partial charge on any atom is -0.390 e. The van der Waals surface area contributed by atoms with Crippen LogP contribution in [0.5, 0.6) is 0 Å². The molecule has 2 N–H and O–H groups in total. The predicted octanol–water partition coefficient (Wildman–Crippen LogP) is 6.23. The summed E-state index contributed by atoms with van der Waals surface area (Å²) in [7, 11) is 0. The Bertz CT molecular complexity index is 835. The number of ether oxygens (including phenoxy) is 1. The van der Waals surface area contributed by atoms with Crippen LogP contribution in [0.25, 0.3) is 0 Å². The van der Waals surface area contributed by atoms with Crippen LogP contribution in [-0.2, 0) is 9.53 Å². The molecule has 1 aliphatic heterocycles. The van der Waals surface area contributed by atoms with Crippen molar-refractivity contribution in [1.82, 2.24) is 0 Å². The summed E-state index contributed by atoms with van der Waals surface area (Å²) in [5.74, 6) is 1.39. The van der Waals surface area contributed by atoms with Gasteiger partial charge in [-0.15, -0.1) is 0 Å². The summed E-state index contributed by atoms with van der Waals surface area (Å²) >= 11 is 0. The molecule has 0 spiro atoms. The summed E-state index contributed by atoms with van der Waals surface area (Å²) in [6.07, 6.45) is 10.1. The van der Waals surface area contributed by atoms with Gasteiger partial charge in [-0.05, 0) is 108 Å². The number of hydrogen-bond acceptors (Lipinski definition) is 4. The fraction of sp³-hybridized carbons (Fsp3) is 0.900. The molecule has 3 aliphatic carbocycles. The van der Waals surface area contributed by atoms with Crippen molar-refractivity contribution >= 4 is 5.78 Å². The molecule has 8 atom stereocenters. The maximum Gasteiger partial charge on any atom is 0.164 e. The zero-order chi connectivity index (χ0) is 25.3. The molecule has 3 saturated carbocycles. The highest BCUT2D eigenvalue weighted by Gasteiger charge is 2.57. The Balaban J connectivity index is 1.69.